The van der Waals surface area contributed by atoms with Gasteiger partial charge in [-0.25, -0.2) is 9.37 Å². The van der Waals surface area contributed by atoms with Gasteiger partial charge < -0.3 is 20.0 Å². The first-order valence-electron chi connectivity index (χ1n) is 9.77. The monoisotopic (exact) mass is 408 g/mol. The van der Waals surface area contributed by atoms with Crippen LogP contribution in [0.2, 0.25) is 0 Å². The van der Waals surface area contributed by atoms with Gasteiger partial charge >= 0.3 is 0 Å². The molecule has 1 aliphatic heterocycles. The van der Waals surface area contributed by atoms with E-state index in [9.17, 15) is 4.79 Å². The van der Waals surface area contributed by atoms with E-state index in [0.717, 1.165) is 30.4 Å². The van der Waals surface area contributed by atoms with Crippen LogP contribution in [0.1, 0.15) is 30.1 Å². The van der Waals surface area contributed by atoms with Gasteiger partial charge in [-0.05, 0) is 25.0 Å². The Morgan fingerprint density at radius 1 is 1.27 bits per heavy atom. The van der Waals surface area contributed by atoms with Crippen molar-refractivity contribution in [1.29, 1.82) is 0 Å². The maximum atomic E-state index is 15.1. The van der Waals surface area contributed by atoms with Crippen LogP contribution >= 0.6 is 0 Å². The predicted molar refractivity (Wildman–Crippen MR) is 110 cm³/mol. The molecule has 1 aromatic carbocycles. The highest BCUT2D eigenvalue weighted by molar-refractivity contribution is 6.03. The Hall–Kier alpha value is -3.26. The van der Waals surface area contributed by atoms with E-state index >= 15 is 4.39 Å². The van der Waals surface area contributed by atoms with E-state index in [0.29, 0.717) is 46.4 Å². The van der Waals surface area contributed by atoms with Crippen molar-refractivity contribution in [3.8, 4) is 22.8 Å². The standard InChI is InChI=1S/C22H21FN4O3/c1-29-17-7-18(30-2)25-8-13(17)19-14(23)6-5-12-21(24)20-15(26-22(12)19)9-27(11-3-4-11)16(20)10-28/h5-8,10-11,16H,3-4,9H2,1-2H3,(H2,24,26). The molecular formula is C22H21FN4O3. The molecule has 0 saturated heterocycles. The van der Waals surface area contributed by atoms with Gasteiger partial charge in [0.2, 0.25) is 5.88 Å². The van der Waals surface area contributed by atoms with Gasteiger partial charge in [0.05, 0.1) is 31.5 Å². The van der Waals surface area contributed by atoms with Gasteiger partial charge in [-0.15, -0.1) is 0 Å². The number of nitrogens with zero attached hydrogens (tertiary/aromatic N) is 3. The van der Waals surface area contributed by atoms with Crippen LogP contribution in [0, 0.1) is 5.82 Å². The zero-order valence-corrected chi connectivity index (χ0v) is 16.7. The highest BCUT2D eigenvalue weighted by atomic mass is 19.1. The highest BCUT2D eigenvalue weighted by Crippen LogP contribution is 2.46. The molecule has 7 nitrogen and oxygen atoms in total. The van der Waals surface area contributed by atoms with Gasteiger partial charge in [0, 0.05) is 52.6 Å². The van der Waals surface area contributed by atoms with Crippen LogP contribution in [0.25, 0.3) is 22.0 Å². The zero-order chi connectivity index (χ0) is 21.0. The average molecular weight is 408 g/mol. The molecule has 3 aromatic rings. The number of rotatable bonds is 5. The lowest BCUT2D eigenvalue weighted by Crippen LogP contribution is -2.25. The molecule has 2 aromatic heterocycles. The fraction of sp³-hybridized carbons (Fsp3) is 0.318. The number of fused-ring (bicyclic) bond motifs is 2. The second kappa shape index (κ2) is 6.91. The van der Waals surface area contributed by atoms with E-state index in [2.05, 4.69) is 9.88 Å². The number of nitrogens with two attached hydrogens (primary N) is 1. The number of pyridine rings is 2. The third-order valence-corrected chi connectivity index (χ3v) is 5.93. The van der Waals surface area contributed by atoms with Crippen LogP contribution in [-0.2, 0) is 11.3 Å². The maximum Gasteiger partial charge on any atom is 0.216 e. The molecule has 0 bridgehead atoms. The van der Waals surface area contributed by atoms with Crippen molar-refractivity contribution in [2.45, 2.75) is 31.5 Å². The molecule has 30 heavy (non-hydrogen) atoms. The molecule has 1 saturated carbocycles. The Morgan fingerprint density at radius 2 is 2.07 bits per heavy atom. The number of carbonyl (C=O) groups excluding carboxylic acids is 1. The number of aromatic nitrogens is 2. The predicted octanol–water partition coefficient (Wildman–Crippen LogP) is 3.25. The molecule has 0 spiro atoms. The minimum atomic E-state index is -0.455. The number of carbonyl (C=O) groups is 1. The summed E-state index contributed by atoms with van der Waals surface area (Å²) >= 11 is 0. The number of aldehydes is 1. The fourth-order valence-electron chi connectivity index (χ4n) is 4.34. The number of hydrogen-bond acceptors (Lipinski definition) is 7. The summed E-state index contributed by atoms with van der Waals surface area (Å²) in [5.74, 6) is 0.321. The van der Waals surface area contributed by atoms with Crippen molar-refractivity contribution in [2.75, 3.05) is 20.0 Å². The van der Waals surface area contributed by atoms with Gasteiger partial charge in [-0.1, -0.05) is 0 Å². The molecule has 2 aliphatic rings. The molecule has 8 heteroatoms. The summed E-state index contributed by atoms with van der Waals surface area (Å²) in [6, 6.07) is 4.53. The Bertz CT molecular complexity index is 1180. The van der Waals surface area contributed by atoms with Gasteiger partial charge in [0.1, 0.15) is 17.9 Å². The van der Waals surface area contributed by atoms with Crippen LogP contribution in [-0.4, -0.2) is 41.4 Å². The average Bonchev–Trinajstić information content (AvgIpc) is 3.54. The number of ether oxygens (including phenoxy) is 2. The Morgan fingerprint density at radius 3 is 2.73 bits per heavy atom. The minimum Gasteiger partial charge on any atom is -0.496 e. The van der Waals surface area contributed by atoms with Crippen LogP contribution in [0.3, 0.4) is 0 Å². The summed E-state index contributed by atoms with van der Waals surface area (Å²) in [5, 5.41) is 0.604. The summed E-state index contributed by atoms with van der Waals surface area (Å²) in [4.78, 5) is 23.0. The number of halogens is 1. The van der Waals surface area contributed by atoms with E-state index in [1.165, 1.54) is 26.5 Å². The molecule has 1 unspecified atom stereocenters. The molecule has 1 fully saturated rings. The number of nitrogen functional groups attached to an aromatic ring is 1. The van der Waals surface area contributed by atoms with Gasteiger partial charge in [-0.3, -0.25) is 9.88 Å². The topological polar surface area (TPSA) is 90.6 Å². The third kappa shape index (κ3) is 2.71. The summed E-state index contributed by atoms with van der Waals surface area (Å²) in [5.41, 5.74) is 9.59. The van der Waals surface area contributed by atoms with Crippen molar-refractivity contribution in [3.63, 3.8) is 0 Å². The van der Waals surface area contributed by atoms with E-state index in [1.807, 2.05) is 0 Å². The van der Waals surface area contributed by atoms with Crippen LogP contribution in [0.5, 0.6) is 11.6 Å². The molecule has 1 aliphatic carbocycles. The molecule has 3 heterocycles. The Labute approximate surface area is 172 Å². The first-order chi connectivity index (χ1) is 14.6. The van der Waals surface area contributed by atoms with E-state index in [-0.39, 0.29) is 5.56 Å². The fourth-order valence-corrected chi connectivity index (χ4v) is 4.34. The first-order valence-corrected chi connectivity index (χ1v) is 9.77. The minimum absolute atomic E-state index is 0.265. The molecule has 154 valence electrons. The second-order valence-corrected chi connectivity index (χ2v) is 7.62. The lowest BCUT2D eigenvalue weighted by Gasteiger charge is -2.20. The molecule has 0 amide bonds. The quantitative estimate of drug-likeness (QED) is 0.648. The zero-order valence-electron chi connectivity index (χ0n) is 16.7. The Balaban J connectivity index is 1.76. The first kappa shape index (κ1) is 18.7. The van der Waals surface area contributed by atoms with Crippen LogP contribution < -0.4 is 15.2 Å². The van der Waals surface area contributed by atoms with Crippen molar-refractivity contribution in [3.05, 3.63) is 41.5 Å². The number of benzene rings is 1. The van der Waals surface area contributed by atoms with Crippen molar-refractivity contribution in [2.24, 2.45) is 0 Å². The summed E-state index contributed by atoms with van der Waals surface area (Å²) in [6.07, 6.45) is 4.55. The number of hydrogen-bond donors (Lipinski definition) is 1. The second-order valence-electron chi connectivity index (χ2n) is 7.62. The molecule has 0 radical (unpaired) electrons. The molecular weight excluding hydrogens is 387 g/mol. The van der Waals surface area contributed by atoms with Crippen LogP contribution in [0.4, 0.5) is 10.1 Å². The molecule has 2 N–H and O–H groups in total. The number of anilines is 1. The number of methoxy groups -OCH3 is 2. The molecule has 5 rings (SSSR count). The van der Waals surface area contributed by atoms with E-state index < -0.39 is 11.9 Å². The largest absolute Gasteiger partial charge is 0.496 e. The highest BCUT2D eigenvalue weighted by Gasteiger charge is 2.42. The normalized spacial score (nSPS) is 18.4. The van der Waals surface area contributed by atoms with E-state index in [4.69, 9.17) is 20.2 Å². The van der Waals surface area contributed by atoms with Gasteiger partial charge in [0.15, 0.2) is 0 Å². The SMILES string of the molecule is COc1cc(OC)c(-c2c(F)ccc3c(N)c4c(nc23)CN(C2CC2)C4C=O)cn1. The maximum absolute atomic E-state index is 15.1. The van der Waals surface area contributed by atoms with Crippen molar-refractivity contribution in [1.82, 2.24) is 14.9 Å². The summed E-state index contributed by atoms with van der Waals surface area (Å²) < 4.78 is 25.7. The Kier molecular flexibility index (Phi) is 4.32. The van der Waals surface area contributed by atoms with Crippen LogP contribution in [0.15, 0.2) is 24.4 Å². The third-order valence-electron chi connectivity index (χ3n) is 5.93. The van der Waals surface area contributed by atoms with E-state index in [1.54, 1.807) is 12.1 Å². The van der Waals surface area contributed by atoms with Crippen molar-refractivity contribution >= 4 is 22.9 Å². The molecule has 1 atom stereocenters. The summed E-state index contributed by atoms with van der Waals surface area (Å²) in [7, 11) is 3.00. The lowest BCUT2D eigenvalue weighted by atomic mass is 9.97. The van der Waals surface area contributed by atoms with Gasteiger partial charge in [-0.2, -0.15) is 0 Å². The van der Waals surface area contributed by atoms with Gasteiger partial charge in [0.25, 0.3) is 0 Å². The van der Waals surface area contributed by atoms with Crippen molar-refractivity contribution < 1.29 is 18.7 Å². The lowest BCUT2D eigenvalue weighted by molar-refractivity contribution is -0.112. The smallest absolute Gasteiger partial charge is 0.216 e. The summed E-state index contributed by atoms with van der Waals surface area (Å²) in [6.45, 7) is 0.525.